The molecule has 0 spiro atoms. The SMILES string of the molecule is Cc1cnc(NCc2ccccc2)nc1. The van der Waals surface area contributed by atoms with Gasteiger partial charge in [0.15, 0.2) is 0 Å². The molecule has 1 heterocycles. The molecule has 1 aromatic carbocycles. The van der Waals surface area contributed by atoms with Gasteiger partial charge in [-0.2, -0.15) is 0 Å². The fourth-order valence-electron chi connectivity index (χ4n) is 1.26. The zero-order chi connectivity index (χ0) is 10.5. The Kier molecular flexibility index (Phi) is 2.93. The highest BCUT2D eigenvalue weighted by Gasteiger charge is 1.94. The van der Waals surface area contributed by atoms with Crippen molar-refractivity contribution in [3.63, 3.8) is 0 Å². The zero-order valence-corrected chi connectivity index (χ0v) is 8.64. The summed E-state index contributed by atoms with van der Waals surface area (Å²) < 4.78 is 0. The molecule has 2 aromatic rings. The van der Waals surface area contributed by atoms with Gasteiger partial charge >= 0.3 is 0 Å². The van der Waals surface area contributed by atoms with Crippen LogP contribution in [0.2, 0.25) is 0 Å². The van der Waals surface area contributed by atoms with Gasteiger partial charge in [0.05, 0.1) is 0 Å². The average molecular weight is 199 g/mol. The van der Waals surface area contributed by atoms with Gasteiger partial charge in [-0.25, -0.2) is 9.97 Å². The summed E-state index contributed by atoms with van der Waals surface area (Å²) in [6.07, 6.45) is 3.61. The topological polar surface area (TPSA) is 37.8 Å². The van der Waals surface area contributed by atoms with E-state index < -0.39 is 0 Å². The van der Waals surface area contributed by atoms with Crippen LogP contribution >= 0.6 is 0 Å². The highest BCUT2D eigenvalue weighted by Crippen LogP contribution is 2.03. The van der Waals surface area contributed by atoms with Crippen LogP contribution in [-0.2, 0) is 6.54 Å². The summed E-state index contributed by atoms with van der Waals surface area (Å²) in [5, 5.41) is 3.17. The maximum absolute atomic E-state index is 4.17. The Morgan fingerprint density at radius 1 is 1.07 bits per heavy atom. The molecule has 0 amide bonds. The van der Waals surface area contributed by atoms with Gasteiger partial charge in [-0.15, -0.1) is 0 Å². The maximum Gasteiger partial charge on any atom is 0.222 e. The highest BCUT2D eigenvalue weighted by atomic mass is 15.1. The fourth-order valence-corrected chi connectivity index (χ4v) is 1.26. The molecule has 1 aromatic heterocycles. The summed E-state index contributed by atoms with van der Waals surface area (Å²) in [4.78, 5) is 8.34. The van der Waals surface area contributed by atoms with Crippen molar-refractivity contribution in [2.45, 2.75) is 13.5 Å². The predicted molar refractivity (Wildman–Crippen MR) is 60.5 cm³/mol. The van der Waals surface area contributed by atoms with E-state index in [0.29, 0.717) is 5.95 Å². The molecule has 0 saturated carbocycles. The Bertz CT molecular complexity index is 409. The molecule has 76 valence electrons. The Hall–Kier alpha value is -1.90. The lowest BCUT2D eigenvalue weighted by molar-refractivity contribution is 1.04. The number of hydrogen-bond donors (Lipinski definition) is 1. The highest BCUT2D eigenvalue weighted by molar-refractivity contribution is 5.27. The van der Waals surface area contributed by atoms with Crippen LogP contribution in [0.25, 0.3) is 0 Å². The number of aromatic nitrogens is 2. The largest absolute Gasteiger partial charge is 0.350 e. The van der Waals surface area contributed by atoms with Crippen LogP contribution in [0, 0.1) is 6.92 Å². The minimum atomic E-state index is 0.671. The summed E-state index contributed by atoms with van der Waals surface area (Å²) in [6, 6.07) is 10.2. The van der Waals surface area contributed by atoms with Crippen molar-refractivity contribution < 1.29 is 0 Å². The van der Waals surface area contributed by atoms with Gasteiger partial charge in [-0.05, 0) is 18.1 Å². The van der Waals surface area contributed by atoms with Crippen molar-refractivity contribution in [3.05, 3.63) is 53.9 Å². The van der Waals surface area contributed by atoms with E-state index in [1.165, 1.54) is 5.56 Å². The zero-order valence-electron chi connectivity index (χ0n) is 8.64. The molecule has 15 heavy (non-hydrogen) atoms. The van der Waals surface area contributed by atoms with E-state index in [2.05, 4.69) is 27.4 Å². The molecule has 3 heteroatoms. The first-order valence-electron chi connectivity index (χ1n) is 4.91. The third-order valence-corrected chi connectivity index (χ3v) is 2.07. The lowest BCUT2D eigenvalue weighted by Crippen LogP contribution is -2.02. The van der Waals surface area contributed by atoms with Gasteiger partial charge in [0, 0.05) is 18.9 Å². The van der Waals surface area contributed by atoms with E-state index in [4.69, 9.17) is 0 Å². The van der Waals surface area contributed by atoms with Crippen molar-refractivity contribution in [1.29, 1.82) is 0 Å². The third kappa shape index (κ3) is 2.77. The Labute approximate surface area is 89.2 Å². The van der Waals surface area contributed by atoms with Gasteiger partial charge in [-0.1, -0.05) is 30.3 Å². The van der Waals surface area contributed by atoms with Gasteiger partial charge in [0.25, 0.3) is 0 Å². The maximum atomic E-state index is 4.17. The molecule has 0 saturated heterocycles. The molecule has 2 rings (SSSR count). The van der Waals surface area contributed by atoms with Crippen molar-refractivity contribution in [3.8, 4) is 0 Å². The van der Waals surface area contributed by atoms with Crippen LogP contribution in [-0.4, -0.2) is 9.97 Å². The molecule has 0 radical (unpaired) electrons. The second-order valence-corrected chi connectivity index (χ2v) is 3.42. The number of aryl methyl sites for hydroxylation is 1. The first-order chi connectivity index (χ1) is 7.34. The molecule has 0 atom stereocenters. The molecule has 0 unspecified atom stereocenters. The number of nitrogens with zero attached hydrogens (tertiary/aromatic N) is 2. The third-order valence-electron chi connectivity index (χ3n) is 2.07. The monoisotopic (exact) mass is 199 g/mol. The second-order valence-electron chi connectivity index (χ2n) is 3.42. The number of hydrogen-bond acceptors (Lipinski definition) is 3. The first kappa shape index (κ1) is 9.65. The summed E-state index contributed by atoms with van der Waals surface area (Å²) in [7, 11) is 0. The normalized spacial score (nSPS) is 9.93. The molecule has 1 N–H and O–H groups in total. The molecule has 0 fully saturated rings. The molecule has 3 nitrogen and oxygen atoms in total. The van der Waals surface area contributed by atoms with Crippen LogP contribution in [0.5, 0.6) is 0 Å². The van der Waals surface area contributed by atoms with Crippen molar-refractivity contribution >= 4 is 5.95 Å². The average Bonchev–Trinajstić information content (AvgIpc) is 2.30. The van der Waals surface area contributed by atoms with Crippen LogP contribution in [0.15, 0.2) is 42.7 Å². The lowest BCUT2D eigenvalue weighted by atomic mass is 10.2. The number of anilines is 1. The predicted octanol–water partition coefficient (Wildman–Crippen LogP) is 2.40. The quantitative estimate of drug-likeness (QED) is 0.824. The van der Waals surface area contributed by atoms with Crippen molar-refractivity contribution in [2.75, 3.05) is 5.32 Å². The van der Waals surface area contributed by atoms with Crippen molar-refractivity contribution in [1.82, 2.24) is 9.97 Å². The van der Waals surface area contributed by atoms with Crippen LogP contribution in [0.4, 0.5) is 5.95 Å². The number of rotatable bonds is 3. The first-order valence-corrected chi connectivity index (χ1v) is 4.91. The van der Waals surface area contributed by atoms with E-state index in [0.717, 1.165) is 12.1 Å². The van der Waals surface area contributed by atoms with E-state index in [-0.39, 0.29) is 0 Å². The number of benzene rings is 1. The fraction of sp³-hybridized carbons (Fsp3) is 0.167. The standard InChI is InChI=1S/C12H13N3/c1-10-7-13-12(14-8-10)15-9-11-5-3-2-4-6-11/h2-8H,9H2,1H3,(H,13,14,15). The minimum Gasteiger partial charge on any atom is -0.350 e. The van der Waals surface area contributed by atoms with Gasteiger partial charge in [-0.3, -0.25) is 0 Å². The Balaban J connectivity index is 1.96. The molecule has 0 aliphatic heterocycles. The Morgan fingerprint density at radius 2 is 1.73 bits per heavy atom. The van der Waals surface area contributed by atoms with Gasteiger partial charge < -0.3 is 5.32 Å². The second kappa shape index (κ2) is 4.55. The minimum absolute atomic E-state index is 0.671. The summed E-state index contributed by atoms with van der Waals surface area (Å²) in [5.74, 6) is 0.671. The molecule has 0 aliphatic rings. The van der Waals surface area contributed by atoms with Crippen LogP contribution < -0.4 is 5.32 Å². The molecular weight excluding hydrogens is 186 g/mol. The van der Waals surface area contributed by atoms with Gasteiger partial charge in [0.1, 0.15) is 0 Å². The van der Waals surface area contributed by atoms with E-state index in [9.17, 15) is 0 Å². The van der Waals surface area contributed by atoms with Crippen LogP contribution in [0.3, 0.4) is 0 Å². The summed E-state index contributed by atoms with van der Waals surface area (Å²) in [5.41, 5.74) is 2.29. The molecule has 0 aliphatic carbocycles. The van der Waals surface area contributed by atoms with E-state index in [1.54, 1.807) is 12.4 Å². The summed E-state index contributed by atoms with van der Waals surface area (Å²) >= 11 is 0. The molecular formula is C12H13N3. The summed E-state index contributed by atoms with van der Waals surface area (Å²) in [6.45, 7) is 2.73. The molecule has 0 bridgehead atoms. The van der Waals surface area contributed by atoms with E-state index in [1.807, 2.05) is 25.1 Å². The smallest absolute Gasteiger partial charge is 0.222 e. The Morgan fingerprint density at radius 3 is 2.40 bits per heavy atom. The van der Waals surface area contributed by atoms with Gasteiger partial charge in [0.2, 0.25) is 5.95 Å². The lowest BCUT2D eigenvalue weighted by Gasteiger charge is -2.04. The van der Waals surface area contributed by atoms with E-state index >= 15 is 0 Å². The number of nitrogens with one attached hydrogen (secondary N) is 1. The van der Waals surface area contributed by atoms with Crippen LogP contribution in [0.1, 0.15) is 11.1 Å². The van der Waals surface area contributed by atoms with Crippen molar-refractivity contribution in [2.24, 2.45) is 0 Å².